The van der Waals surface area contributed by atoms with E-state index in [9.17, 15) is 0 Å². The number of furan rings is 1. The molecule has 0 saturated carbocycles. The number of hydrogen-bond donors (Lipinski definition) is 0. The highest BCUT2D eigenvalue weighted by Crippen LogP contribution is 2.31. The Bertz CT molecular complexity index is 752. The maximum absolute atomic E-state index is 5.88. The molecule has 124 valence electrons. The number of aromatic nitrogens is 2. The van der Waals surface area contributed by atoms with Crippen molar-refractivity contribution >= 4 is 0 Å². The molecule has 1 aromatic carbocycles. The lowest BCUT2D eigenvalue weighted by Crippen LogP contribution is -2.28. The van der Waals surface area contributed by atoms with E-state index >= 15 is 0 Å². The Morgan fingerprint density at radius 2 is 1.92 bits per heavy atom. The fourth-order valence-electron chi connectivity index (χ4n) is 3.35. The standard InChI is InChI=1S/C19H21N3O2/c1-3-8-15(9-4-1)19-21-20-18(24-19)14-22-12-6-2-5-10-16(22)17-11-7-13-23-17/h1,3-4,7-9,11,13,16H,2,5-6,10,12,14H2. The Kier molecular flexibility index (Phi) is 4.42. The highest BCUT2D eigenvalue weighted by Gasteiger charge is 2.26. The van der Waals surface area contributed by atoms with Gasteiger partial charge in [0.1, 0.15) is 5.76 Å². The van der Waals surface area contributed by atoms with Gasteiger partial charge in [-0.25, -0.2) is 0 Å². The third kappa shape index (κ3) is 3.26. The van der Waals surface area contributed by atoms with Crippen LogP contribution in [0.15, 0.2) is 57.6 Å². The summed E-state index contributed by atoms with van der Waals surface area (Å²) in [4.78, 5) is 2.40. The third-order valence-corrected chi connectivity index (χ3v) is 4.56. The van der Waals surface area contributed by atoms with Gasteiger partial charge in [-0.2, -0.15) is 0 Å². The molecule has 0 aliphatic carbocycles. The van der Waals surface area contributed by atoms with E-state index in [0.29, 0.717) is 18.3 Å². The molecular weight excluding hydrogens is 302 g/mol. The predicted molar refractivity (Wildman–Crippen MR) is 90.1 cm³/mol. The van der Waals surface area contributed by atoms with Crippen LogP contribution in [-0.4, -0.2) is 21.6 Å². The molecule has 2 aromatic heterocycles. The highest BCUT2D eigenvalue weighted by molar-refractivity contribution is 5.51. The van der Waals surface area contributed by atoms with Gasteiger partial charge in [-0.05, 0) is 43.7 Å². The smallest absolute Gasteiger partial charge is 0.247 e. The van der Waals surface area contributed by atoms with Crippen LogP contribution in [0.4, 0.5) is 0 Å². The largest absolute Gasteiger partial charge is 0.468 e. The molecule has 0 radical (unpaired) electrons. The molecule has 4 rings (SSSR count). The molecule has 0 bridgehead atoms. The molecule has 5 nitrogen and oxygen atoms in total. The van der Waals surface area contributed by atoms with Crippen molar-refractivity contribution < 1.29 is 8.83 Å². The van der Waals surface area contributed by atoms with Gasteiger partial charge < -0.3 is 8.83 Å². The van der Waals surface area contributed by atoms with Gasteiger partial charge in [0.15, 0.2) is 0 Å². The van der Waals surface area contributed by atoms with Crippen molar-refractivity contribution in [2.24, 2.45) is 0 Å². The van der Waals surface area contributed by atoms with E-state index < -0.39 is 0 Å². The summed E-state index contributed by atoms with van der Waals surface area (Å²) >= 11 is 0. The maximum Gasteiger partial charge on any atom is 0.247 e. The average molecular weight is 323 g/mol. The second-order valence-corrected chi connectivity index (χ2v) is 6.22. The molecule has 1 atom stereocenters. The van der Waals surface area contributed by atoms with E-state index in [2.05, 4.69) is 21.2 Å². The molecule has 1 aliphatic rings. The van der Waals surface area contributed by atoms with E-state index in [1.165, 1.54) is 19.3 Å². The van der Waals surface area contributed by atoms with Gasteiger partial charge in [-0.1, -0.05) is 31.0 Å². The molecule has 1 saturated heterocycles. The zero-order chi connectivity index (χ0) is 16.2. The highest BCUT2D eigenvalue weighted by atomic mass is 16.4. The molecule has 1 unspecified atom stereocenters. The Hall–Kier alpha value is -2.40. The van der Waals surface area contributed by atoms with Crippen molar-refractivity contribution in [2.45, 2.75) is 38.3 Å². The van der Waals surface area contributed by atoms with Gasteiger partial charge in [0.05, 0.1) is 18.8 Å². The van der Waals surface area contributed by atoms with E-state index in [4.69, 9.17) is 8.83 Å². The lowest BCUT2D eigenvalue weighted by Gasteiger charge is -2.26. The fraction of sp³-hybridized carbons (Fsp3) is 0.368. The zero-order valence-electron chi connectivity index (χ0n) is 13.6. The lowest BCUT2D eigenvalue weighted by molar-refractivity contribution is 0.155. The van der Waals surface area contributed by atoms with Crippen LogP contribution < -0.4 is 0 Å². The first-order valence-electron chi connectivity index (χ1n) is 8.55. The van der Waals surface area contributed by atoms with Gasteiger partial charge in [-0.3, -0.25) is 4.90 Å². The number of hydrogen-bond acceptors (Lipinski definition) is 5. The monoisotopic (exact) mass is 323 g/mol. The maximum atomic E-state index is 5.88. The van der Waals surface area contributed by atoms with Gasteiger partial charge in [0, 0.05) is 5.56 Å². The molecule has 5 heteroatoms. The van der Waals surface area contributed by atoms with Crippen LogP contribution in [0.5, 0.6) is 0 Å². The molecule has 0 N–H and O–H groups in total. The number of rotatable bonds is 4. The molecular formula is C19H21N3O2. The minimum Gasteiger partial charge on any atom is -0.468 e. The van der Waals surface area contributed by atoms with Crippen LogP contribution in [0.25, 0.3) is 11.5 Å². The predicted octanol–water partition coefficient (Wildman–Crippen LogP) is 4.45. The first-order chi connectivity index (χ1) is 11.9. The van der Waals surface area contributed by atoms with Crippen LogP contribution in [0.1, 0.15) is 43.4 Å². The molecule has 1 aliphatic heterocycles. The lowest BCUT2D eigenvalue weighted by atomic mass is 10.1. The third-order valence-electron chi connectivity index (χ3n) is 4.56. The van der Waals surface area contributed by atoms with Gasteiger partial charge in [0.2, 0.25) is 11.8 Å². The van der Waals surface area contributed by atoms with Crippen LogP contribution in [-0.2, 0) is 6.54 Å². The summed E-state index contributed by atoms with van der Waals surface area (Å²) in [6.07, 6.45) is 6.52. The molecule has 1 fully saturated rings. The van der Waals surface area contributed by atoms with Gasteiger partial charge in [-0.15, -0.1) is 10.2 Å². The molecule has 3 aromatic rings. The van der Waals surface area contributed by atoms with E-state index in [0.717, 1.165) is 24.3 Å². The van der Waals surface area contributed by atoms with E-state index in [-0.39, 0.29) is 6.04 Å². The van der Waals surface area contributed by atoms with Crippen LogP contribution in [0.3, 0.4) is 0 Å². The normalized spacial score (nSPS) is 19.2. The fourth-order valence-corrected chi connectivity index (χ4v) is 3.35. The van der Waals surface area contributed by atoms with Crippen molar-refractivity contribution in [3.05, 3.63) is 60.4 Å². The number of likely N-dealkylation sites (tertiary alicyclic amines) is 1. The Labute approximate surface area is 141 Å². The summed E-state index contributed by atoms with van der Waals surface area (Å²) < 4.78 is 11.5. The average Bonchev–Trinajstić information content (AvgIpc) is 3.26. The van der Waals surface area contributed by atoms with Crippen molar-refractivity contribution in [3.63, 3.8) is 0 Å². The summed E-state index contributed by atoms with van der Waals surface area (Å²) in [5.74, 6) is 2.27. The van der Waals surface area contributed by atoms with Crippen molar-refractivity contribution in [2.75, 3.05) is 6.54 Å². The van der Waals surface area contributed by atoms with Gasteiger partial charge in [0.25, 0.3) is 0 Å². The van der Waals surface area contributed by atoms with Gasteiger partial charge >= 0.3 is 0 Å². The SMILES string of the molecule is c1ccc(-c2nnc(CN3CCCCCC3c3ccco3)o2)cc1. The van der Waals surface area contributed by atoms with E-state index in [1.54, 1.807) is 6.26 Å². The van der Waals surface area contributed by atoms with Crippen LogP contribution >= 0.6 is 0 Å². The molecule has 24 heavy (non-hydrogen) atoms. The first kappa shape index (κ1) is 15.1. The van der Waals surface area contributed by atoms with Crippen molar-refractivity contribution in [1.29, 1.82) is 0 Å². The van der Waals surface area contributed by atoms with Crippen molar-refractivity contribution in [3.8, 4) is 11.5 Å². The summed E-state index contributed by atoms with van der Waals surface area (Å²) in [5.41, 5.74) is 0.953. The van der Waals surface area contributed by atoms with Crippen molar-refractivity contribution in [1.82, 2.24) is 15.1 Å². The van der Waals surface area contributed by atoms with Crippen LogP contribution in [0.2, 0.25) is 0 Å². The second-order valence-electron chi connectivity index (χ2n) is 6.22. The summed E-state index contributed by atoms with van der Waals surface area (Å²) in [6.45, 7) is 1.68. The molecule has 0 spiro atoms. The quantitative estimate of drug-likeness (QED) is 0.710. The summed E-state index contributed by atoms with van der Waals surface area (Å²) in [6, 6.07) is 14.2. The molecule has 3 heterocycles. The Morgan fingerprint density at radius 1 is 1.00 bits per heavy atom. The summed E-state index contributed by atoms with van der Waals surface area (Å²) in [7, 11) is 0. The minimum absolute atomic E-state index is 0.287. The number of benzene rings is 1. The Morgan fingerprint density at radius 3 is 2.75 bits per heavy atom. The zero-order valence-corrected chi connectivity index (χ0v) is 13.6. The first-order valence-corrected chi connectivity index (χ1v) is 8.55. The Balaban J connectivity index is 1.53. The minimum atomic E-state index is 0.287. The van der Waals surface area contributed by atoms with E-state index in [1.807, 2.05) is 36.4 Å². The number of nitrogens with zero attached hydrogens (tertiary/aromatic N) is 3. The molecule has 0 amide bonds. The van der Waals surface area contributed by atoms with Crippen LogP contribution in [0, 0.1) is 0 Å². The topological polar surface area (TPSA) is 55.3 Å². The second kappa shape index (κ2) is 7.01. The summed E-state index contributed by atoms with van der Waals surface area (Å²) in [5, 5.41) is 8.44.